The molecule has 2 aromatic carbocycles. The number of urea groups is 1. The Bertz CT molecular complexity index is 2450. The fourth-order valence-corrected chi connectivity index (χ4v) is 10.4. The number of nitrogens with one attached hydrogen (secondary N) is 7. The molecule has 0 radical (unpaired) electrons. The second-order valence-electron chi connectivity index (χ2n) is 22.0. The lowest BCUT2D eigenvalue weighted by atomic mass is 9.89. The molecule has 1 heterocycles. The summed E-state index contributed by atoms with van der Waals surface area (Å²) in [6.45, 7) is 13.7. The summed E-state index contributed by atoms with van der Waals surface area (Å²) in [4.78, 5) is 135. The van der Waals surface area contributed by atoms with Gasteiger partial charge in [-0.15, -0.1) is 0 Å². The Hall–Kier alpha value is -6.66. The minimum atomic E-state index is -1.18. The summed E-state index contributed by atoms with van der Waals surface area (Å²) >= 11 is 3.10. The lowest BCUT2D eigenvalue weighted by molar-refractivity contribution is -0.147. The van der Waals surface area contributed by atoms with Crippen LogP contribution in [0.25, 0.3) is 0 Å². The van der Waals surface area contributed by atoms with Crippen molar-refractivity contribution in [2.75, 3.05) is 51.5 Å². The molecule has 2 aromatic rings. The van der Waals surface area contributed by atoms with Crippen LogP contribution < -0.4 is 43.0 Å². The number of unbranched alkanes of at least 4 members (excludes halogenated alkanes) is 2. The van der Waals surface area contributed by atoms with Crippen LogP contribution in [0, 0.1) is 23.7 Å². The van der Waals surface area contributed by atoms with E-state index in [1.54, 1.807) is 70.8 Å². The summed E-state index contributed by atoms with van der Waals surface area (Å²) in [5, 5.41) is 29.3. The van der Waals surface area contributed by atoms with E-state index in [2.05, 4.69) is 53.1 Å². The monoisotopic (exact) mass is 1230 g/mol. The van der Waals surface area contributed by atoms with Crippen LogP contribution in [0.2, 0.25) is 0 Å². The van der Waals surface area contributed by atoms with Gasteiger partial charge in [-0.1, -0.05) is 108 Å². The van der Waals surface area contributed by atoms with Crippen LogP contribution in [0.5, 0.6) is 0 Å². The van der Waals surface area contributed by atoms with E-state index in [1.807, 2.05) is 19.9 Å². The van der Waals surface area contributed by atoms with Gasteiger partial charge in [0.2, 0.25) is 41.4 Å². The van der Waals surface area contributed by atoms with Crippen molar-refractivity contribution in [3.8, 4) is 0 Å². The van der Waals surface area contributed by atoms with Crippen molar-refractivity contribution in [3.63, 3.8) is 0 Å². The molecule has 1 aliphatic heterocycles. The van der Waals surface area contributed by atoms with Crippen LogP contribution in [0.3, 0.4) is 0 Å². The number of likely N-dealkylation sites (N-methyl/N-ethyl adjacent to an activating group) is 1. The second kappa shape index (κ2) is 36.1. The molecule has 1 aliphatic rings. The number of benzene rings is 2. The van der Waals surface area contributed by atoms with E-state index in [0.717, 1.165) is 5.56 Å². The number of aliphatic carboxylic acids is 1. The van der Waals surface area contributed by atoms with Crippen LogP contribution in [0.4, 0.5) is 10.5 Å². The first-order valence-electron chi connectivity index (χ1n) is 28.7. The summed E-state index contributed by atoms with van der Waals surface area (Å²) in [5.74, 6) is -6.34. The van der Waals surface area contributed by atoms with Gasteiger partial charge in [0, 0.05) is 65.0 Å². The van der Waals surface area contributed by atoms with E-state index in [4.69, 9.17) is 15.2 Å². The number of halogens is 1. The summed E-state index contributed by atoms with van der Waals surface area (Å²) in [6.07, 6.45) is 2.62. The highest BCUT2D eigenvalue weighted by molar-refractivity contribution is 9.09. The van der Waals surface area contributed by atoms with Crippen molar-refractivity contribution >= 4 is 80.9 Å². The van der Waals surface area contributed by atoms with E-state index < -0.39 is 102 Å². The Labute approximate surface area is 497 Å². The van der Waals surface area contributed by atoms with Gasteiger partial charge < -0.3 is 67.3 Å². The number of amides is 10. The van der Waals surface area contributed by atoms with E-state index in [-0.39, 0.29) is 84.8 Å². The number of ether oxygens (including phenoxy) is 2. The second-order valence-corrected chi connectivity index (χ2v) is 22.6. The molecular weight excluding hydrogens is 1140 g/mol. The summed E-state index contributed by atoms with van der Waals surface area (Å²) in [6, 6.07) is 8.77. The average Bonchev–Trinajstić information content (AvgIpc) is 4.08. The molecular formula is C59H91BrN10O13. The van der Waals surface area contributed by atoms with Crippen LogP contribution in [-0.4, -0.2) is 169 Å². The number of nitrogens with zero attached hydrogens (tertiary/aromatic N) is 2. The Morgan fingerprint density at radius 1 is 0.747 bits per heavy atom. The molecule has 0 bridgehead atoms. The van der Waals surface area contributed by atoms with E-state index in [9.17, 15) is 53.1 Å². The van der Waals surface area contributed by atoms with Crippen molar-refractivity contribution in [1.82, 2.24) is 41.7 Å². The Balaban J connectivity index is 1.72. The van der Waals surface area contributed by atoms with Gasteiger partial charge >= 0.3 is 12.0 Å². The van der Waals surface area contributed by atoms with Gasteiger partial charge in [-0.25, -0.2) is 9.59 Å². The molecule has 24 heteroatoms. The van der Waals surface area contributed by atoms with Crippen molar-refractivity contribution in [2.45, 2.75) is 168 Å². The number of hydrogen-bond donors (Lipinski definition) is 9. The van der Waals surface area contributed by atoms with Gasteiger partial charge in [0.15, 0.2) is 0 Å². The number of hydrogen-bond acceptors (Lipinski definition) is 12. The van der Waals surface area contributed by atoms with E-state index in [0.29, 0.717) is 51.6 Å². The summed E-state index contributed by atoms with van der Waals surface area (Å²) in [5.41, 5.74) is 6.45. The maximum Gasteiger partial charge on any atom is 0.326 e. The number of rotatable bonds is 36. The number of methoxy groups -OCH3 is 2. The lowest BCUT2D eigenvalue weighted by Gasteiger charge is -2.40. The molecule has 83 heavy (non-hydrogen) atoms. The van der Waals surface area contributed by atoms with Gasteiger partial charge in [-0.05, 0) is 86.1 Å². The molecule has 10 atom stereocenters. The molecule has 10 N–H and O–H groups in total. The zero-order chi connectivity index (χ0) is 61.9. The molecule has 1 fully saturated rings. The predicted molar refractivity (Wildman–Crippen MR) is 318 cm³/mol. The first-order chi connectivity index (χ1) is 39.4. The molecule has 3 rings (SSSR count). The third-order valence-electron chi connectivity index (χ3n) is 15.2. The van der Waals surface area contributed by atoms with Gasteiger partial charge in [0.25, 0.3) is 5.91 Å². The molecule has 0 saturated carbocycles. The van der Waals surface area contributed by atoms with Gasteiger partial charge in [-0.3, -0.25) is 38.4 Å². The fourth-order valence-electron chi connectivity index (χ4n) is 10.2. The molecule has 0 spiro atoms. The lowest BCUT2D eigenvalue weighted by Crippen LogP contribution is -2.57. The summed E-state index contributed by atoms with van der Waals surface area (Å²) in [7, 11) is 4.57. The van der Waals surface area contributed by atoms with Crippen molar-refractivity contribution in [2.24, 2.45) is 29.4 Å². The number of carbonyl (C=O) groups is 10. The molecule has 0 unspecified atom stereocenters. The van der Waals surface area contributed by atoms with Gasteiger partial charge in [0.05, 0.1) is 42.0 Å². The van der Waals surface area contributed by atoms with Crippen molar-refractivity contribution in [3.05, 3.63) is 65.7 Å². The Kier molecular flexibility index (Phi) is 30.7. The number of carboxylic acid groups (broad SMARTS) is 1. The first-order valence-corrected chi connectivity index (χ1v) is 29.9. The third-order valence-corrected chi connectivity index (χ3v) is 15.7. The largest absolute Gasteiger partial charge is 0.480 e. The maximum atomic E-state index is 14.6. The Morgan fingerprint density at radius 3 is 1.96 bits per heavy atom. The molecule has 462 valence electrons. The molecule has 1 saturated heterocycles. The zero-order valence-corrected chi connectivity index (χ0v) is 51.5. The van der Waals surface area contributed by atoms with Crippen molar-refractivity contribution < 1.29 is 62.5 Å². The molecule has 0 aliphatic carbocycles. The van der Waals surface area contributed by atoms with E-state index in [1.165, 1.54) is 43.4 Å². The van der Waals surface area contributed by atoms with Gasteiger partial charge in [0.1, 0.15) is 24.2 Å². The number of anilines is 1. The first kappa shape index (κ1) is 70.6. The number of carbonyl (C=O) groups excluding carboxylic acids is 9. The van der Waals surface area contributed by atoms with Crippen LogP contribution >= 0.6 is 15.9 Å². The molecule has 10 amide bonds. The minimum Gasteiger partial charge on any atom is -0.480 e. The SMILES string of the molecule is CC[C@H](C)[C@@H]([C@@H](CC(=O)N1CCC[C@H]1[C@H](OC)[C@@H](C)C(=O)N[C@@H](Cc1ccccc1)C(=O)O)OC)N(C)C(=O)[C@@H](NC(=O)c1ccc(NC(=O)[C@H](CCCNC(N)=O)NC(=O)[C@@H](NC(=O)CCCCCNC(=O)CBr)C(C)C)cc1)C(C)C. The minimum absolute atomic E-state index is 0.0845. The topological polar surface area (TPSA) is 326 Å². The van der Waals surface area contributed by atoms with E-state index >= 15 is 0 Å². The number of nitrogens with two attached hydrogens (primary N) is 1. The fraction of sp³-hybridized carbons (Fsp3) is 0.627. The number of likely N-dealkylation sites (tertiary alicyclic amines) is 1. The molecule has 0 aromatic heterocycles. The highest BCUT2D eigenvalue weighted by Gasteiger charge is 2.43. The van der Waals surface area contributed by atoms with Gasteiger partial charge in [-0.2, -0.15) is 0 Å². The zero-order valence-electron chi connectivity index (χ0n) is 49.9. The highest BCUT2D eigenvalue weighted by Crippen LogP contribution is 2.30. The third kappa shape index (κ3) is 22.8. The number of carboxylic acids is 1. The number of primary amides is 1. The summed E-state index contributed by atoms with van der Waals surface area (Å²) < 4.78 is 11.9. The van der Waals surface area contributed by atoms with Crippen LogP contribution in [0.15, 0.2) is 54.6 Å². The smallest absolute Gasteiger partial charge is 0.326 e. The van der Waals surface area contributed by atoms with Crippen LogP contribution in [0.1, 0.15) is 129 Å². The maximum absolute atomic E-state index is 14.6. The Morgan fingerprint density at radius 2 is 1.39 bits per heavy atom. The van der Waals surface area contributed by atoms with Crippen molar-refractivity contribution in [1.29, 1.82) is 0 Å². The quantitative estimate of drug-likeness (QED) is 0.0341. The standard InChI is InChI=1S/C59H91BrN10O13/c1-11-37(6)51(45(82-9)33-48(73)70-31-19-23-44(70)52(83-10)38(7)53(74)66-43(58(79)80)32-39-20-14-12-15-21-39)69(8)57(78)50(36(4)5)68-54(75)40-25-27-41(28-26-40)64-55(76)42(22-18-30-63-59(61)81)65-56(77)49(35(2)3)67-46(71)24-16-13-17-29-62-47(72)34-60/h12,14-15,20-21,25-28,35-38,42-45,49-52H,11,13,16-19,22-24,29-34H2,1-10H3,(H,62,72)(H,64,76)(H,65,77)(H,66,74)(H,67,71)(H,68,75)(H,79,80)(H3,61,63,81)/t37-,38+,42-,43-,44-,45+,49-,50-,51-,52+/m0/s1. The number of alkyl halides is 1. The van der Waals surface area contributed by atoms with Crippen LogP contribution in [-0.2, 0) is 54.3 Å². The predicted octanol–water partition coefficient (Wildman–Crippen LogP) is 4.26. The normalized spacial score (nSPS) is 16.4. The molecule has 23 nitrogen and oxygen atoms in total. The average molecular weight is 1230 g/mol. The highest BCUT2D eigenvalue weighted by atomic mass is 79.9.